The summed E-state index contributed by atoms with van der Waals surface area (Å²) in [6.07, 6.45) is 0. The summed E-state index contributed by atoms with van der Waals surface area (Å²) in [5, 5.41) is 0. The van der Waals surface area contributed by atoms with Gasteiger partial charge in [-0.05, 0) is 0 Å². The summed E-state index contributed by atoms with van der Waals surface area (Å²) >= 11 is -0.123. The van der Waals surface area contributed by atoms with Gasteiger partial charge in [-0.1, -0.05) is 0 Å². The minimum atomic E-state index is -3.48. The van der Waals surface area contributed by atoms with Gasteiger partial charge < -0.3 is 27.4 Å². The Hall–Kier alpha value is 0.189. The molecule has 0 radical (unpaired) electrons. The molecule has 11 heavy (non-hydrogen) atoms. The molecule has 1 saturated heterocycles. The average molecular weight is 242 g/mol. The zero-order valence-electron chi connectivity index (χ0n) is 4.89. The molecule has 0 saturated carbocycles. The van der Waals surface area contributed by atoms with Gasteiger partial charge >= 0.3 is 41.0 Å². The molecule has 1 heterocycles. The molecular weight excluding hydrogens is 232 g/mol. The summed E-state index contributed by atoms with van der Waals surface area (Å²) in [5.74, 6) is 0. The second-order valence-corrected chi connectivity index (χ2v) is 2.93. The molecule has 9 nitrogen and oxygen atoms in total. The van der Waals surface area contributed by atoms with Crippen molar-refractivity contribution in [1.29, 1.82) is 0 Å². The van der Waals surface area contributed by atoms with E-state index in [1.807, 2.05) is 0 Å². The van der Waals surface area contributed by atoms with Crippen molar-refractivity contribution in [3.05, 3.63) is 0 Å². The molecule has 1 aliphatic rings. The quantitative estimate of drug-likeness (QED) is 0.381. The Morgan fingerprint density at radius 2 is 1.00 bits per heavy atom. The number of hydrogen-bond acceptors (Lipinski definition) is 4. The van der Waals surface area contributed by atoms with Crippen molar-refractivity contribution >= 4 is 10.4 Å². The molecule has 0 spiro atoms. The van der Waals surface area contributed by atoms with Gasteiger partial charge in [0.05, 0.1) is 0 Å². The van der Waals surface area contributed by atoms with Crippen LogP contribution in [0.4, 0.5) is 0 Å². The zero-order chi connectivity index (χ0) is 4.62. The van der Waals surface area contributed by atoms with Crippen LogP contribution in [0.1, 0.15) is 0 Å². The van der Waals surface area contributed by atoms with Gasteiger partial charge in [0.1, 0.15) is 0 Å². The Kier molecular flexibility index (Phi) is 28.1. The molecule has 0 aromatic heterocycles. The summed E-state index contributed by atoms with van der Waals surface area (Å²) in [5.41, 5.74) is 0. The van der Waals surface area contributed by atoms with Crippen LogP contribution in [0.2, 0.25) is 0 Å². The van der Waals surface area contributed by atoms with Gasteiger partial charge in [-0.3, -0.25) is 0 Å². The van der Waals surface area contributed by atoms with Crippen molar-refractivity contribution < 1.29 is 57.9 Å². The second kappa shape index (κ2) is 10.2. The van der Waals surface area contributed by atoms with E-state index < -0.39 is 10.4 Å². The zero-order valence-corrected chi connectivity index (χ0v) is 6.82. The molecule has 1 aliphatic heterocycles. The van der Waals surface area contributed by atoms with Gasteiger partial charge in [-0.15, -0.1) is 0 Å². The van der Waals surface area contributed by atoms with E-state index in [1.165, 1.54) is 0 Å². The third-order valence-electron chi connectivity index (χ3n) is 0.192. The number of hydrogen-bond donors (Lipinski definition) is 0. The van der Waals surface area contributed by atoms with Gasteiger partial charge in [-0.25, -0.2) is 0 Å². The summed E-state index contributed by atoms with van der Waals surface area (Å²) < 4.78 is 27.0. The van der Waals surface area contributed by atoms with Gasteiger partial charge in [-0.2, -0.15) is 0 Å². The van der Waals surface area contributed by atoms with Crippen LogP contribution >= 0.6 is 0 Å². The van der Waals surface area contributed by atoms with Gasteiger partial charge in [0.15, 0.2) is 0 Å². The molecular formula is H10FeO9S. The normalized spacial score (nSPS) is 16.4. The third-order valence-corrected chi connectivity index (χ3v) is 2.38. The first kappa shape index (κ1) is 30.3. The van der Waals surface area contributed by atoms with Crippen molar-refractivity contribution in [1.82, 2.24) is 0 Å². The Morgan fingerprint density at radius 3 is 1.00 bits per heavy atom. The Morgan fingerprint density at radius 1 is 0.818 bits per heavy atom. The first-order valence-electron chi connectivity index (χ1n) is 0.955. The Labute approximate surface area is 69.0 Å². The summed E-state index contributed by atoms with van der Waals surface area (Å²) in [4.78, 5) is 0. The van der Waals surface area contributed by atoms with Crippen LogP contribution in [-0.4, -0.2) is 35.8 Å². The third kappa shape index (κ3) is 10.2. The Balaban J connectivity index is -0.0000000240. The van der Waals surface area contributed by atoms with Crippen LogP contribution in [0.5, 0.6) is 0 Å². The molecule has 10 N–H and O–H groups in total. The van der Waals surface area contributed by atoms with E-state index in [2.05, 4.69) is 6.53 Å². The molecule has 0 amide bonds. The van der Waals surface area contributed by atoms with Crippen LogP contribution in [0.25, 0.3) is 0 Å². The summed E-state index contributed by atoms with van der Waals surface area (Å²) in [6.45, 7) is 0. The van der Waals surface area contributed by atoms with E-state index in [-0.39, 0.29) is 43.0 Å². The monoisotopic (exact) mass is 242 g/mol. The van der Waals surface area contributed by atoms with Crippen LogP contribution in [-0.2, 0) is 32.5 Å². The van der Waals surface area contributed by atoms with E-state index in [1.54, 1.807) is 0 Å². The van der Waals surface area contributed by atoms with E-state index in [9.17, 15) is 8.42 Å². The van der Waals surface area contributed by atoms with E-state index in [4.69, 9.17) is 0 Å². The van der Waals surface area contributed by atoms with Gasteiger partial charge in [0, 0.05) is 0 Å². The van der Waals surface area contributed by atoms with Crippen molar-refractivity contribution in [2.75, 3.05) is 0 Å². The fraction of sp³-hybridized carbons (Fsp3) is 0. The molecule has 1 fully saturated rings. The van der Waals surface area contributed by atoms with E-state index in [0.717, 1.165) is 0 Å². The van der Waals surface area contributed by atoms with Gasteiger partial charge in [0.25, 0.3) is 0 Å². The SMILES string of the molecule is O.O.O.O.O.O=S1(=O)[O][Fe][O]1. The molecule has 11 heteroatoms. The summed E-state index contributed by atoms with van der Waals surface area (Å²) in [7, 11) is -3.48. The van der Waals surface area contributed by atoms with Crippen molar-refractivity contribution in [3.8, 4) is 0 Å². The van der Waals surface area contributed by atoms with E-state index >= 15 is 0 Å². The fourth-order valence-corrected chi connectivity index (χ4v) is 0.783. The standard InChI is InChI=1S/Fe.H2O4S.5H2O/c;1-5(2,3)4;;;;;/h;(H2,1,2,3,4);5*1H2/q+2;;;;;;/p-2. The maximum absolute atomic E-state index is 9.64. The predicted molar refractivity (Wildman–Crippen MR) is 29.2 cm³/mol. The molecule has 1 rings (SSSR count). The predicted octanol–water partition coefficient (Wildman–Crippen LogP) is -4.93. The maximum atomic E-state index is 9.64. The van der Waals surface area contributed by atoms with Crippen LogP contribution in [0, 0.1) is 0 Å². The number of rotatable bonds is 0. The summed E-state index contributed by atoms with van der Waals surface area (Å²) in [6, 6.07) is 0. The molecule has 0 unspecified atom stereocenters. The first-order chi connectivity index (χ1) is 2.71. The molecule has 0 aromatic carbocycles. The van der Waals surface area contributed by atoms with E-state index in [0.29, 0.717) is 0 Å². The first-order valence-corrected chi connectivity index (χ1v) is 3.19. The molecule has 78 valence electrons. The van der Waals surface area contributed by atoms with Crippen molar-refractivity contribution in [3.63, 3.8) is 0 Å². The molecule has 0 bridgehead atoms. The molecule has 0 atom stereocenters. The molecule has 0 aliphatic carbocycles. The van der Waals surface area contributed by atoms with Crippen LogP contribution in [0.15, 0.2) is 0 Å². The second-order valence-electron chi connectivity index (χ2n) is 0.585. The van der Waals surface area contributed by atoms with Crippen LogP contribution < -0.4 is 0 Å². The van der Waals surface area contributed by atoms with Crippen molar-refractivity contribution in [2.45, 2.75) is 0 Å². The average Bonchev–Trinajstić information content (AvgIpc) is 1.32. The minimum absolute atomic E-state index is 0. The fourth-order valence-electron chi connectivity index (χ4n) is 0.0633. The molecule has 0 aromatic rings. The van der Waals surface area contributed by atoms with Gasteiger partial charge in [0.2, 0.25) is 0 Å². The van der Waals surface area contributed by atoms with Crippen LogP contribution in [0.3, 0.4) is 0 Å². The topological polar surface area (TPSA) is 210 Å². The Bertz CT molecular complexity index is 124. The van der Waals surface area contributed by atoms with Crippen molar-refractivity contribution in [2.24, 2.45) is 0 Å².